The number of aromatic nitrogens is 1. The summed E-state index contributed by atoms with van der Waals surface area (Å²) in [5, 5.41) is 0. The van der Waals surface area contributed by atoms with E-state index in [2.05, 4.69) is 9.72 Å². The van der Waals surface area contributed by atoms with Crippen molar-refractivity contribution in [2.45, 2.75) is 0 Å². The number of benzene rings is 1. The number of ether oxygens (including phenoxy) is 3. The normalized spacial score (nSPS) is 9.95. The highest BCUT2D eigenvalue weighted by Gasteiger charge is 2.10. The molecular weight excluding hydrogens is 258 g/mol. The molecule has 20 heavy (non-hydrogen) atoms. The third-order valence-corrected chi connectivity index (χ3v) is 2.82. The van der Waals surface area contributed by atoms with Crippen molar-refractivity contribution in [3.63, 3.8) is 0 Å². The molecular formula is C15H15NO4. The molecule has 0 aliphatic carbocycles. The van der Waals surface area contributed by atoms with E-state index in [0.717, 1.165) is 5.56 Å². The van der Waals surface area contributed by atoms with Crippen LogP contribution in [0.2, 0.25) is 0 Å². The third-order valence-electron chi connectivity index (χ3n) is 2.82. The predicted molar refractivity (Wildman–Crippen MR) is 74.1 cm³/mol. The number of hydrogen-bond donors (Lipinski definition) is 0. The maximum atomic E-state index is 11.5. The Morgan fingerprint density at radius 1 is 1.00 bits per heavy atom. The van der Waals surface area contributed by atoms with Gasteiger partial charge in [-0.2, -0.15) is 0 Å². The van der Waals surface area contributed by atoms with E-state index in [0.29, 0.717) is 17.2 Å². The van der Waals surface area contributed by atoms with Crippen molar-refractivity contribution >= 4 is 5.97 Å². The summed E-state index contributed by atoms with van der Waals surface area (Å²) in [4.78, 5) is 15.8. The zero-order chi connectivity index (χ0) is 14.5. The van der Waals surface area contributed by atoms with Crippen molar-refractivity contribution in [1.82, 2.24) is 4.98 Å². The lowest BCUT2D eigenvalue weighted by molar-refractivity contribution is 0.0594. The van der Waals surface area contributed by atoms with Crippen molar-refractivity contribution in [3.8, 4) is 22.8 Å². The molecule has 0 aliphatic heterocycles. The van der Waals surface area contributed by atoms with Gasteiger partial charge in [-0.15, -0.1) is 0 Å². The number of esters is 1. The molecule has 0 bridgehead atoms. The fourth-order valence-electron chi connectivity index (χ4n) is 1.81. The third kappa shape index (κ3) is 2.71. The van der Waals surface area contributed by atoms with Gasteiger partial charge in [0.05, 0.1) is 27.0 Å². The molecule has 0 radical (unpaired) electrons. The van der Waals surface area contributed by atoms with Crippen molar-refractivity contribution < 1.29 is 19.0 Å². The van der Waals surface area contributed by atoms with Crippen LogP contribution in [0.25, 0.3) is 11.3 Å². The Morgan fingerprint density at radius 2 is 1.75 bits per heavy atom. The van der Waals surface area contributed by atoms with Gasteiger partial charge in [0.2, 0.25) is 0 Å². The maximum Gasteiger partial charge on any atom is 0.356 e. The largest absolute Gasteiger partial charge is 0.493 e. The Morgan fingerprint density at radius 3 is 2.40 bits per heavy atom. The van der Waals surface area contributed by atoms with Crippen LogP contribution in [0.4, 0.5) is 0 Å². The number of nitrogens with zero attached hydrogens (tertiary/aromatic N) is 1. The lowest BCUT2D eigenvalue weighted by Gasteiger charge is -2.09. The minimum Gasteiger partial charge on any atom is -0.493 e. The minimum atomic E-state index is -0.465. The van der Waals surface area contributed by atoms with Gasteiger partial charge in [-0.1, -0.05) is 6.07 Å². The Balaban J connectivity index is 2.43. The summed E-state index contributed by atoms with van der Waals surface area (Å²) in [7, 11) is 4.47. The van der Waals surface area contributed by atoms with Crippen LogP contribution in [0.15, 0.2) is 36.4 Å². The smallest absolute Gasteiger partial charge is 0.356 e. The van der Waals surface area contributed by atoms with Crippen molar-refractivity contribution in [3.05, 3.63) is 42.1 Å². The van der Waals surface area contributed by atoms with Crippen LogP contribution >= 0.6 is 0 Å². The van der Waals surface area contributed by atoms with Crippen LogP contribution in [0.5, 0.6) is 11.5 Å². The van der Waals surface area contributed by atoms with E-state index in [-0.39, 0.29) is 5.69 Å². The molecule has 0 saturated carbocycles. The second-order valence-electron chi connectivity index (χ2n) is 3.97. The first kappa shape index (κ1) is 13.9. The van der Waals surface area contributed by atoms with Crippen molar-refractivity contribution in [2.24, 2.45) is 0 Å². The van der Waals surface area contributed by atoms with Crippen LogP contribution < -0.4 is 9.47 Å². The van der Waals surface area contributed by atoms with Gasteiger partial charge in [0, 0.05) is 5.56 Å². The highest BCUT2D eigenvalue weighted by molar-refractivity contribution is 5.87. The second-order valence-corrected chi connectivity index (χ2v) is 3.97. The van der Waals surface area contributed by atoms with E-state index in [1.165, 1.54) is 7.11 Å². The number of hydrogen-bond acceptors (Lipinski definition) is 5. The molecule has 0 atom stereocenters. The van der Waals surface area contributed by atoms with E-state index in [1.54, 1.807) is 32.4 Å². The molecule has 0 N–H and O–H groups in total. The molecule has 0 spiro atoms. The first-order chi connectivity index (χ1) is 9.69. The molecule has 0 unspecified atom stereocenters. The van der Waals surface area contributed by atoms with Gasteiger partial charge in [0.1, 0.15) is 5.69 Å². The molecule has 0 fully saturated rings. The van der Waals surface area contributed by atoms with Crippen LogP contribution in [0.1, 0.15) is 10.5 Å². The van der Waals surface area contributed by atoms with Gasteiger partial charge >= 0.3 is 5.97 Å². The topological polar surface area (TPSA) is 57.7 Å². The summed E-state index contributed by atoms with van der Waals surface area (Å²) in [6, 6.07) is 10.6. The summed E-state index contributed by atoms with van der Waals surface area (Å²) < 4.78 is 15.1. The Bertz CT molecular complexity index is 625. The maximum absolute atomic E-state index is 11.5. The Hall–Kier alpha value is -2.56. The molecule has 5 nitrogen and oxygen atoms in total. The molecule has 2 aromatic rings. The van der Waals surface area contributed by atoms with E-state index < -0.39 is 5.97 Å². The molecule has 0 aliphatic rings. The van der Waals surface area contributed by atoms with Gasteiger partial charge in [-0.05, 0) is 30.3 Å². The molecule has 104 valence electrons. The fraction of sp³-hybridized carbons (Fsp3) is 0.200. The monoisotopic (exact) mass is 273 g/mol. The lowest BCUT2D eigenvalue weighted by atomic mass is 10.1. The van der Waals surface area contributed by atoms with Gasteiger partial charge < -0.3 is 14.2 Å². The summed E-state index contributed by atoms with van der Waals surface area (Å²) in [5.74, 6) is 0.781. The highest BCUT2D eigenvalue weighted by Crippen LogP contribution is 2.31. The first-order valence-corrected chi connectivity index (χ1v) is 5.97. The zero-order valence-corrected chi connectivity index (χ0v) is 11.5. The summed E-state index contributed by atoms with van der Waals surface area (Å²) in [6.07, 6.45) is 0. The summed E-state index contributed by atoms with van der Waals surface area (Å²) in [5.41, 5.74) is 1.75. The Kier molecular flexibility index (Phi) is 4.20. The summed E-state index contributed by atoms with van der Waals surface area (Å²) >= 11 is 0. The van der Waals surface area contributed by atoms with Gasteiger partial charge in [0.25, 0.3) is 0 Å². The predicted octanol–water partition coefficient (Wildman–Crippen LogP) is 2.55. The molecule has 0 amide bonds. The van der Waals surface area contributed by atoms with E-state index >= 15 is 0 Å². The minimum absolute atomic E-state index is 0.264. The lowest BCUT2D eigenvalue weighted by Crippen LogP contribution is -2.04. The molecule has 1 aromatic carbocycles. The van der Waals surface area contributed by atoms with Gasteiger partial charge in [0.15, 0.2) is 11.5 Å². The van der Waals surface area contributed by atoms with Crippen LogP contribution in [0.3, 0.4) is 0 Å². The molecule has 2 rings (SSSR count). The fourth-order valence-corrected chi connectivity index (χ4v) is 1.81. The highest BCUT2D eigenvalue weighted by atomic mass is 16.5. The zero-order valence-electron chi connectivity index (χ0n) is 11.5. The molecule has 1 heterocycles. The molecule has 1 aromatic heterocycles. The van der Waals surface area contributed by atoms with Crippen molar-refractivity contribution in [2.75, 3.05) is 21.3 Å². The van der Waals surface area contributed by atoms with Crippen LogP contribution in [0, 0.1) is 0 Å². The first-order valence-electron chi connectivity index (χ1n) is 5.97. The second kappa shape index (κ2) is 6.06. The standard InChI is InChI=1S/C15H15NO4/c1-18-13-8-7-10(9-14(13)19-2)11-5-4-6-12(16-11)15(17)20-3/h4-9H,1-3H3. The number of carbonyl (C=O) groups excluding carboxylic acids is 1. The Labute approximate surface area is 117 Å². The number of methoxy groups -OCH3 is 3. The quantitative estimate of drug-likeness (QED) is 0.801. The van der Waals surface area contributed by atoms with Gasteiger partial charge in [-0.25, -0.2) is 9.78 Å². The summed E-state index contributed by atoms with van der Waals surface area (Å²) in [6.45, 7) is 0. The van der Waals surface area contributed by atoms with E-state index in [4.69, 9.17) is 9.47 Å². The van der Waals surface area contributed by atoms with E-state index in [1.807, 2.05) is 18.2 Å². The molecule has 5 heteroatoms. The van der Waals surface area contributed by atoms with Gasteiger partial charge in [-0.3, -0.25) is 0 Å². The SMILES string of the molecule is COC(=O)c1cccc(-c2ccc(OC)c(OC)c2)n1. The van der Waals surface area contributed by atoms with E-state index in [9.17, 15) is 4.79 Å². The average molecular weight is 273 g/mol. The number of pyridine rings is 1. The molecule has 0 saturated heterocycles. The number of carbonyl (C=O) groups is 1. The average Bonchev–Trinajstić information content (AvgIpc) is 2.53. The van der Waals surface area contributed by atoms with Crippen molar-refractivity contribution in [1.29, 1.82) is 0 Å². The number of rotatable bonds is 4. The van der Waals surface area contributed by atoms with Crippen LogP contribution in [-0.4, -0.2) is 32.3 Å². The van der Waals surface area contributed by atoms with Crippen LogP contribution in [-0.2, 0) is 4.74 Å².